The monoisotopic (exact) mass is 340 g/mol. The lowest BCUT2D eigenvalue weighted by Crippen LogP contribution is -2.35. The highest BCUT2D eigenvalue weighted by Crippen LogP contribution is 2.22. The first-order valence-electron chi connectivity index (χ1n) is 8.02. The summed E-state index contributed by atoms with van der Waals surface area (Å²) in [5, 5.41) is 2.71. The van der Waals surface area contributed by atoms with Crippen LogP contribution in [0.1, 0.15) is 32.7 Å². The zero-order valence-electron chi connectivity index (χ0n) is 13.5. The minimum atomic E-state index is -0.367. The number of fused-ring (bicyclic) bond motifs is 1. The molecule has 0 aromatic heterocycles. The molecule has 1 aliphatic rings. The molecule has 128 valence electrons. The van der Waals surface area contributed by atoms with E-state index in [0.29, 0.717) is 24.1 Å². The van der Waals surface area contributed by atoms with Crippen LogP contribution in [0.3, 0.4) is 0 Å². The van der Waals surface area contributed by atoms with Gasteiger partial charge in [0.25, 0.3) is 11.8 Å². The normalized spacial score (nSPS) is 13.1. The van der Waals surface area contributed by atoms with Crippen LogP contribution in [0.5, 0.6) is 0 Å². The summed E-state index contributed by atoms with van der Waals surface area (Å²) in [5.74, 6) is -1.30. The fraction of sp³-hybridized carbons (Fsp3) is 0.211. The van der Waals surface area contributed by atoms with Crippen molar-refractivity contribution in [2.45, 2.75) is 12.8 Å². The highest BCUT2D eigenvalue weighted by molar-refractivity contribution is 6.21. The van der Waals surface area contributed by atoms with Crippen LogP contribution >= 0.6 is 0 Å². The van der Waals surface area contributed by atoms with Crippen molar-refractivity contribution >= 4 is 17.7 Å². The highest BCUT2D eigenvalue weighted by atomic mass is 19.1. The van der Waals surface area contributed by atoms with E-state index in [2.05, 4.69) is 5.32 Å². The molecule has 0 bridgehead atoms. The number of carbonyl (C=O) groups excluding carboxylic acids is 3. The molecule has 0 fully saturated rings. The van der Waals surface area contributed by atoms with Crippen LogP contribution < -0.4 is 5.32 Å². The van der Waals surface area contributed by atoms with Gasteiger partial charge in [0.2, 0.25) is 5.91 Å². The number of halogens is 1. The van der Waals surface area contributed by atoms with E-state index in [9.17, 15) is 18.8 Å². The lowest BCUT2D eigenvalue weighted by molar-refractivity contribution is -0.121. The Morgan fingerprint density at radius 2 is 1.68 bits per heavy atom. The van der Waals surface area contributed by atoms with Crippen molar-refractivity contribution in [3.63, 3.8) is 0 Å². The molecular weight excluding hydrogens is 323 g/mol. The average molecular weight is 340 g/mol. The molecule has 0 unspecified atom stereocenters. The van der Waals surface area contributed by atoms with Gasteiger partial charge in [0, 0.05) is 19.5 Å². The Balaban J connectivity index is 1.47. The topological polar surface area (TPSA) is 66.5 Å². The highest BCUT2D eigenvalue weighted by Gasteiger charge is 2.34. The Bertz CT molecular complexity index is 800. The summed E-state index contributed by atoms with van der Waals surface area (Å²) in [6.07, 6.45) is 0.547. The Hall–Kier alpha value is -3.02. The van der Waals surface area contributed by atoms with E-state index in [-0.39, 0.29) is 36.5 Å². The van der Waals surface area contributed by atoms with Gasteiger partial charge in [0.1, 0.15) is 5.82 Å². The molecule has 1 N–H and O–H groups in total. The molecule has 3 amide bonds. The number of imide groups is 1. The largest absolute Gasteiger partial charge is 0.356 e. The van der Waals surface area contributed by atoms with E-state index < -0.39 is 0 Å². The van der Waals surface area contributed by atoms with Crippen LogP contribution in [0.2, 0.25) is 0 Å². The summed E-state index contributed by atoms with van der Waals surface area (Å²) in [4.78, 5) is 37.4. The Morgan fingerprint density at radius 3 is 2.32 bits per heavy atom. The van der Waals surface area contributed by atoms with Crippen molar-refractivity contribution in [3.05, 3.63) is 71.0 Å². The van der Waals surface area contributed by atoms with Crippen molar-refractivity contribution < 1.29 is 18.8 Å². The van der Waals surface area contributed by atoms with E-state index in [1.807, 2.05) is 0 Å². The van der Waals surface area contributed by atoms with Gasteiger partial charge in [-0.15, -0.1) is 0 Å². The average Bonchev–Trinajstić information content (AvgIpc) is 2.85. The van der Waals surface area contributed by atoms with E-state index >= 15 is 0 Å². The first-order chi connectivity index (χ1) is 12.1. The van der Waals surface area contributed by atoms with Crippen LogP contribution in [0.15, 0.2) is 48.5 Å². The van der Waals surface area contributed by atoms with Crippen molar-refractivity contribution in [2.24, 2.45) is 0 Å². The smallest absolute Gasteiger partial charge is 0.261 e. The molecule has 3 rings (SSSR count). The first kappa shape index (κ1) is 16.8. The van der Waals surface area contributed by atoms with Gasteiger partial charge in [-0.1, -0.05) is 24.3 Å². The van der Waals surface area contributed by atoms with Gasteiger partial charge in [-0.3, -0.25) is 19.3 Å². The summed E-state index contributed by atoms with van der Waals surface area (Å²) in [6, 6.07) is 12.8. The molecule has 0 saturated carbocycles. The Labute approximate surface area is 144 Å². The van der Waals surface area contributed by atoms with E-state index in [1.165, 1.54) is 12.1 Å². The molecule has 5 nitrogen and oxygen atoms in total. The van der Waals surface area contributed by atoms with Crippen LogP contribution in [0, 0.1) is 5.82 Å². The molecule has 2 aromatic rings. The van der Waals surface area contributed by atoms with Gasteiger partial charge in [-0.25, -0.2) is 4.39 Å². The maximum Gasteiger partial charge on any atom is 0.261 e. The van der Waals surface area contributed by atoms with E-state index in [0.717, 1.165) is 10.5 Å². The molecule has 1 heterocycles. The summed E-state index contributed by atoms with van der Waals surface area (Å²) in [6.45, 7) is 0.405. The lowest BCUT2D eigenvalue weighted by atomic mass is 10.1. The molecule has 0 saturated heterocycles. The van der Waals surface area contributed by atoms with Gasteiger partial charge in [-0.05, 0) is 36.2 Å². The number of nitrogens with one attached hydrogen (secondary N) is 1. The SMILES string of the molecule is O=C(CCN1C(=O)c2ccccc2C1=O)NCCc1cccc(F)c1. The van der Waals surface area contributed by atoms with Crippen LogP contribution in [0.4, 0.5) is 4.39 Å². The number of hydrogen-bond donors (Lipinski definition) is 1. The number of carbonyl (C=O) groups is 3. The fourth-order valence-corrected chi connectivity index (χ4v) is 2.78. The number of rotatable bonds is 6. The zero-order chi connectivity index (χ0) is 17.8. The van der Waals surface area contributed by atoms with Crippen LogP contribution in [-0.4, -0.2) is 35.7 Å². The number of benzene rings is 2. The zero-order valence-corrected chi connectivity index (χ0v) is 13.5. The van der Waals surface area contributed by atoms with Gasteiger partial charge < -0.3 is 5.32 Å². The summed E-state index contributed by atoms with van der Waals surface area (Å²) in [5.41, 5.74) is 1.54. The maximum absolute atomic E-state index is 13.1. The van der Waals surface area contributed by atoms with Gasteiger partial charge in [-0.2, -0.15) is 0 Å². The van der Waals surface area contributed by atoms with Crippen LogP contribution in [-0.2, 0) is 11.2 Å². The Morgan fingerprint density at radius 1 is 1.00 bits per heavy atom. The fourth-order valence-electron chi connectivity index (χ4n) is 2.78. The molecule has 0 spiro atoms. The van der Waals surface area contributed by atoms with Gasteiger partial charge >= 0.3 is 0 Å². The van der Waals surface area contributed by atoms with E-state index in [4.69, 9.17) is 0 Å². The molecular formula is C19H17FN2O3. The van der Waals surface area contributed by atoms with E-state index in [1.54, 1.807) is 36.4 Å². The predicted octanol–water partition coefficient (Wildman–Crippen LogP) is 2.17. The number of amides is 3. The third kappa shape index (κ3) is 3.74. The molecule has 0 aliphatic carbocycles. The molecule has 6 heteroatoms. The third-order valence-electron chi connectivity index (χ3n) is 4.07. The third-order valence-corrected chi connectivity index (χ3v) is 4.07. The van der Waals surface area contributed by atoms with Crippen LogP contribution in [0.25, 0.3) is 0 Å². The van der Waals surface area contributed by atoms with Gasteiger partial charge in [0.15, 0.2) is 0 Å². The second kappa shape index (κ2) is 7.25. The van der Waals surface area contributed by atoms with Crippen molar-refractivity contribution in [2.75, 3.05) is 13.1 Å². The van der Waals surface area contributed by atoms with Gasteiger partial charge in [0.05, 0.1) is 11.1 Å². The van der Waals surface area contributed by atoms with Crippen molar-refractivity contribution in [1.29, 1.82) is 0 Å². The Kier molecular flexibility index (Phi) is 4.88. The summed E-state index contributed by atoms with van der Waals surface area (Å²) in [7, 11) is 0. The molecule has 1 aliphatic heterocycles. The number of nitrogens with zero attached hydrogens (tertiary/aromatic N) is 1. The molecule has 25 heavy (non-hydrogen) atoms. The minimum Gasteiger partial charge on any atom is -0.356 e. The standard InChI is InChI=1S/C19H17FN2O3/c20-14-5-3-4-13(12-14)8-10-21-17(23)9-11-22-18(24)15-6-1-2-7-16(15)19(22)25/h1-7,12H,8-11H2,(H,21,23). The lowest BCUT2D eigenvalue weighted by Gasteiger charge is -2.13. The first-order valence-corrected chi connectivity index (χ1v) is 8.02. The number of hydrogen-bond acceptors (Lipinski definition) is 3. The quantitative estimate of drug-likeness (QED) is 0.820. The maximum atomic E-state index is 13.1. The second-order valence-corrected chi connectivity index (χ2v) is 5.79. The summed E-state index contributed by atoms with van der Waals surface area (Å²) < 4.78 is 13.1. The molecule has 0 atom stereocenters. The molecule has 0 radical (unpaired) electrons. The van der Waals surface area contributed by atoms with Crippen molar-refractivity contribution in [3.8, 4) is 0 Å². The molecule has 2 aromatic carbocycles. The second-order valence-electron chi connectivity index (χ2n) is 5.79. The minimum absolute atomic E-state index is 0.0363. The summed E-state index contributed by atoms with van der Waals surface area (Å²) >= 11 is 0. The predicted molar refractivity (Wildman–Crippen MR) is 89.5 cm³/mol. The van der Waals surface area contributed by atoms with Crippen molar-refractivity contribution in [1.82, 2.24) is 10.2 Å².